The number of quaternary nitrogens is 2. The summed E-state index contributed by atoms with van der Waals surface area (Å²) in [4.78, 5) is 24.7. The molecule has 0 aliphatic carbocycles. The molecule has 0 spiro atoms. The van der Waals surface area contributed by atoms with Crippen molar-refractivity contribution in [2.45, 2.75) is 25.7 Å². The van der Waals surface area contributed by atoms with Crippen LogP contribution < -0.4 is 32.0 Å². The largest absolute Gasteiger partial charge is 0.493 e. The van der Waals surface area contributed by atoms with Crippen molar-refractivity contribution in [2.75, 3.05) is 68.6 Å². The molecule has 182 valence electrons. The lowest BCUT2D eigenvalue weighted by Crippen LogP contribution is -2.35. The normalized spacial score (nSPS) is 11.8. The highest BCUT2D eigenvalue weighted by Crippen LogP contribution is 2.30. The van der Waals surface area contributed by atoms with Crippen LogP contribution in [0.4, 0.5) is 0 Å². The molecule has 2 amide bonds. The molecular formula is C22H42N6O4+2. The second-order valence-electron chi connectivity index (χ2n) is 9.93. The van der Waals surface area contributed by atoms with E-state index in [-0.39, 0.29) is 22.6 Å². The van der Waals surface area contributed by atoms with Crippen molar-refractivity contribution in [3.05, 3.63) is 23.3 Å². The zero-order valence-corrected chi connectivity index (χ0v) is 20.5. The zero-order chi connectivity index (χ0) is 24.4. The van der Waals surface area contributed by atoms with Gasteiger partial charge in [-0.2, -0.15) is 0 Å². The van der Waals surface area contributed by atoms with E-state index < -0.39 is 11.8 Å². The molecule has 10 nitrogen and oxygen atoms in total. The molecule has 32 heavy (non-hydrogen) atoms. The zero-order valence-electron chi connectivity index (χ0n) is 20.5. The van der Waals surface area contributed by atoms with Crippen molar-refractivity contribution in [3.63, 3.8) is 0 Å². The summed E-state index contributed by atoms with van der Waals surface area (Å²) in [5.41, 5.74) is 4.65. The van der Waals surface area contributed by atoms with E-state index in [1.54, 1.807) is 0 Å². The van der Waals surface area contributed by atoms with Crippen molar-refractivity contribution < 1.29 is 28.0 Å². The maximum Gasteiger partial charge on any atom is 0.269 e. The van der Waals surface area contributed by atoms with Crippen LogP contribution in [0.15, 0.2) is 12.1 Å². The first kappa shape index (κ1) is 27.6. The lowest BCUT2D eigenvalue weighted by molar-refractivity contribution is -0.870. The minimum absolute atomic E-state index is 0.203. The summed E-state index contributed by atoms with van der Waals surface area (Å²) >= 11 is 0. The van der Waals surface area contributed by atoms with E-state index in [4.69, 9.17) is 21.2 Å². The van der Waals surface area contributed by atoms with Gasteiger partial charge in [0, 0.05) is 0 Å². The minimum atomic E-state index is -0.527. The molecule has 0 bridgehead atoms. The molecule has 1 aromatic carbocycles. The molecule has 0 fully saturated rings. The van der Waals surface area contributed by atoms with Crippen molar-refractivity contribution in [2.24, 2.45) is 11.7 Å². The van der Waals surface area contributed by atoms with E-state index in [1.807, 2.05) is 0 Å². The summed E-state index contributed by atoms with van der Waals surface area (Å²) < 4.78 is 13.4. The Hall–Kier alpha value is -2.40. The first-order valence-electron chi connectivity index (χ1n) is 10.9. The number of nitrogens with one attached hydrogen (secondary N) is 2. The van der Waals surface area contributed by atoms with Crippen LogP contribution in [0.1, 0.15) is 46.4 Å². The fraction of sp³-hybridized carbons (Fsp3) is 0.636. The molecule has 0 saturated carbocycles. The standard InChI is InChI=1S/C22H40N6O4/c1-27(2,3)11-7-9-13-31-19-15-18(22(30)26-24)20(16-17(19)21(29)25-23)32-14-10-8-12-28(4,5)6/h15-16H,7-14H2,1-6H3,(H4-2,23,24,25,26,29,30)/p+2. The number of benzene rings is 1. The highest BCUT2D eigenvalue weighted by Gasteiger charge is 2.21. The highest BCUT2D eigenvalue weighted by molar-refractivity contribution is 6.02. The third-order valence-corrected chi connectivity index (χ3v) is 4.79. The predicted octanol–water partition coefficient (Wildman–Crippen LogP) is 0.624. The minimum Gasteiger partial charge on any atom is -0.493 e. The fourth-order valence-corrected chi connectivity index (χ4v) is 3.05. The number of hydrazine groups is 2. The van der Waals surface area contributed by atoms with E-state index in [2.05, 4.69) is 53.1 Å². The topological polar surface area (TPSA) is 129 Å². The molecule has 1 rings (SSSR count). The van der Waals surface area contributed by atoms with Gasteiger partial charge in [-0.05, 0) is 37.8 Å². The van der Waals surface area contributed by atoms with Crippen molar-refractivity contribution in [3.8, 4) is 11.5 Å². The van der Waals surface area contributed by atoms with Crippen LogP contribution in [0.2, 0.25) is 0 Å². The second-order valence-corrected chi connectivity index (χ2v) is 9.93. The van der Waals surface area contributed by atoms with Gasteiger partial charge in [-0.1, -0.05) is 0 Å². The monoisotopic (exact) mass is 454 g/mol. The number of nitrogen functional groups attached to an aromatic ring is 2. The van der Waals surface area contributed by atoms with Crippen molar-refractivity contribution in [1.82, 2.24) is 10.9 Å². The molecule has 0 heterocycles. The molecule has 0 aliphatic rings. The van der Waals surface area contributed by atoms with Crippen LogP contribution >= 0.6 is 0 Å². The van der Waals surface area contributed by atoms with E-state index >= 15 is 0 Å². The second kappa shape index (κ2) is 12.6. The Bertz CT molecular complexity index is 692. The fourth-order valence-electron chi connectivity index (χ4n) is 3.05. The SMILES string of the molecule is C[N+](C)(C)CCCCOc1cc(C(=O)NN)c(OCCCC[N+](C)(C)C)cc1C(=O)NN. The van der Waals surface area contributed by atoms with Crippen LogP contribution in [0.5, 0.6) is 11.5 Å². The number of rotatable bonds is 14. The number of hydrogen-bond acceptors (Lipinski definition) is 6. The van der Waals surface area contributed by atoms with Gasteiger partial charge >= 0.3 is 0 Å². The molecule has 0 radical (unpaired) electrons. The molecule has 0 unspecified atom stereocenters. The van der Waals surface area contributed by atoms with E-state index in [9.17, 15) is 9.59 Å². The quantitative estimate of drug-likeness (QED) is 0.107. The van der Waals surface area contributed by atoms with Gasteiger partial charge in [0.2, 0.25) is 0 Å². The Morgan fingerprint density at radius 2 is 1.06 bits per heavy atom. The van der Waals surface area contributed by atoms with Gasteiger partial charge in [-0.15, -0.1) is 0 Å². The van der Waals surface area contributed by atoms with Gasteiger partial charge in [0.15, 0.2) is 0 Å². The molecule has 0 aromatic heterocycles. The summed E-state index contributed by atoms with van der Waals surface area (Å²) in [6.45, 7) is 2.81. The summed E-state index contributed by atoms with van der Waals surface area (Å²) in [6.07, 6.45) is 3.55. The van der Waals surface area contributed by atoms with Gasteiger partial charge in [-0.3, -0.25) is 20.4 Å². The van der Waals surface area contributed by atoms with Crippen LogP contribution in [0.3, 0.4) is 0 Å². The van der Waals surface area contributed by atoms with Crippen molar-refractivity contribution in [1.29, 1.82) is 0 Å². The number of carbonyl (C=O) groups excluding carboxylic acids is 2. The van der Waals surface area contributed by atoms with Crippen LogP contribution in [-0.4, -0.2) is 89.4 Å². The van der Waals surface area contributed by atoms with Crippen LogP contribution in [0.25, 0.3) is 0 Å². The summed E-state index contributed by atoms with van der Waals surface area (Å²) in [6, 6.07) is 2.96. The maximum atomic E-state index is 12.3. The van der Waals surface area contributed by atoms with Gasteiger partial charge in [0.05, 0.1) is 79.7 Å². The molecule has 0 saturated heterocycles. The Kier molecular flexibility index (Phi) is 10.9. The Balaban J connectivity index is 2.97. The molecule has 6 N–H and O–H groups in total. The van der Waals surface area contributed by atoms with Gasteiger partial charge in [-0.25, -0.2) is 11.7 Å². The average Bonchev–Trinajstić information content (AvgIpc) is 2.70. The Morgan fingerprint density at radius 1 is 0.719 bits per heavy atom. The maximum absolute atomic E-state index is 12.3. The first-order chi connectivity index (χ1) is 14.9. The first-order valence-corrected chi connectivity index (χ1v) is 10.9. The number of nitrogens with two attached hydrogens (primary N) is 2. The third-order valence-electron chi connectivity index (χ3n) is 4.79. The predicted molar refractivity (Wildman–Crippen MR) is 125 cm³/mol. The molecular weight excluding hydrogens is 412 g/mol. The number of nitrogens with zero attached hydrogens (tertiary/aromatic N) is 2. The number of hydrogen-bond donors (Lipinski definition) is 4. The van der Waals surface area contributed by atoms with Crippen molar-refractivity contribution >= 4 is 11.8 Å². The van der Waals surface area contributed by atoms with E-state index in [0.717, 1.165) is 47.7 Å². The lowest BCUT2D eigenvalue weighted by Gasteiger charge is -2.24. The Labute approximate surface area is 191 Å². The summed E-state index contributed by atoms with van der Waals surface area (Å²) in [7, 11) is 12.8. The number of carbonyl (C=O) groups is 2. The molecule has 1 aromatic rings. The number of amides is 2. The molecule has 0 aliphatic heterocycles. The summed E-state index contributed by atoms with van der Waals surface area (Å²) in [5, 5.41) is 0. The van der Waals surface area contributed by atoms with Gasteiger partial charge < -0.3 is 18.4 Å². The number of unbranched alkanes of at least 4 members (excludes halogenated alkanes) is 2. The smallest absolute Gasteiger partial charge is 0.269 e. The average molecular weight is 455 g/mol. The lowest BCUT2D eigenvalue weighted by atomic mass is 10.1. The highest BCUT2D eigenvalue weighted by atomic mass is 16.5. The van der Waals surface area contributed by atoms with Gasteiger partial charge in [0.25, 0.3) is 11.8 Å². The van der Waals surface area contributed by atoms with Crippen LogP contribution in [-0.2, 0) is 0 Å². The van der Waals surface area contributed by atoms with Crippen LogP contribution in [0, 0.1) is 0 Å². The Morgan fingerprint density at radius 3 is 1.34 bits per heavy atom. The van der Waals surface area contributed by atoms with E-state index in [1.165, 1.54) is 12.1 Å². The van der Waals surface area contributed by atoms with Gasteiger partial charge in [0.1, 0.15) is 11.5 Å². The number of ether oxygens (including phenoxy) is 2. The third kappa shape index (κ3) is 10.3. The molecule has 0 atom stereocenters. The summed E-state index contributed by atoms with van der Waals surface area (Å²) in [5.74, 6) is 10.2. The van der Waals surface area contributed by atoms with E-state index in [0.29, 0.717) is 13.2 Å². The molecule has 10 heteroatoms.